The van der Waals surface area contributed by atoms with Crippen LogP contribution in [0, 0.1) is 18.8 Å². The Morgan fingerprint density at radius 3 is 1.98 bits per heavy atom. The maximum absolute atomic E-state index is 12.5. The van der Waals surface area contributed by atoms with Gasteiger partial charge in [-0.15, -0.1) is 29.3 Å². The quantitative estimate of drug-likeness (QED) is 0.154. The van der Waals surface area contributed by atoms with Crippen LogP contribution in [0.2, 0.25) is 0 Å². The molecule has 4 nitrogen and oxygen atoms in total. The zero-order valence-corrected chi connectivity index (χ0v) is 41.4. The van der Waals surface area contributed by atoms with Crippen LogP contribution in [-0.4, -0.2) is 19.6 Å². The molecule has 0 spiro atoms. The molecule has 0 radical (unpaired) electrons. The van der Waals surface area contributed by atoms with Crippen molar-refractivity contribution >= 4 is 11.0 Å². The number of phenols is 1. The standard InChI is InChI=1S/C59H62N3O.Pt/c1-37(2)29-39-23-26-52(48(30-39)41-17-14-13-15-18-41)62-53-20-16-19-47(54(53)61-56(62)49-35-46(58(7,8)9)36-50(55(49)63)59(10,11)12)43-31-44(33-45(32-43)57(4,5)6)51-34-42(27-28-60-51)40-24-21-38(3)22-25-40;/h13-28,30,32-37,63H,29H2,1-12H3;/q-1;/i3D3;. The molecule has 330 valence electrons. The first-order valence-corrected chi connectivity index (χ1v) is 22.2. The third kappa shape index (κ3) is 9.45. The number of rotatable bonds is 8. The van der Waals surface area contributed by atoms with E-state index in [0.717, 1.165) is 84.5 Å². The summed E-state index contributed by atoms with van der Waals surface area (Å²) in [4.78, 5) is 10.5. The van der Waals surface area contributed by atoms with Gasteiger partial charge in [0.25, 0.3) is 0 Å². The number of pyridine rings is 1. The average Bonchev–Trinajstić information content (AvgIpc) is 3.64. The molecule has 0 atom stereocenters. The Balaban J connectivity index is 0.00000666. The van der Waals surface area contributed by atoms with Gasteiger partial charge < -0.3 is 5.11 Å². The largest absolute Gasteiger partial charge is 0.507 e. The number of aryl methyl sites for hydroxylation is 1. The van der Waals surface area contributed by atoms with Crippen molar-refractivity contribution in [3.05, 3.63) is 167 Å². The van der Waals surface area contributed by atoms with E-state index in [0.29, 0.717) is 22.9 Å². The van der Waals surface area contributed by atoms with Crippen molar-refractivity contribution in [2.75, 3.05) is 0 Å². The molecule has 5 heteroatoms. The smallest absolute Gasteiger partial charge is 0.148 e. The second kappa shape index (κ2) is 17.8. The normalized spacial score (nSPS) is 13.1. The molecule has 8 aromatic rings. The zero-order valence-electron chi connectivity index (χ0n) is 42.1. The summed E-state index contributed by atoms with van der Waals surface area (Å²) in [5, 5.41) is 12.5. The van der Waals surface area contributed by atoms with Gasteiger partial charge in [0.15, 0.2) is 0 Å². The van der Waals surface area contributed by atoms with Crippen molar-refractivity contribution in [2.45, 2.75) is 106 Å². The van der Waals surface area contributed by atoms with Gasteiger partial charge in [-0.1, -0.05) is 178 Å². The Bertz CT molecular complexity index is 3070. The summed E-state index contributed by atoms with van der Waals surface area (Å²) in [5.41, 5.74) is 14.7. The molecule has 2 heterocycles. The van der Waals surface area contributed by atoms with E-state index >= 15 is 0 Å². The maximum atomic E-state index is 12.5. The van der Waals surface area contributed by atoms with Crippen molar-refractivity contribution in [3.63, 3.8) is 0 Å². The second-order valence-electron chi connectivity index (χ2n) is 20.6. The number of nitrogens with zero attached hydrogens (tertiary/aromatic N) is 3. The fraction of sp³-hybridized carbons (Fsp3) is 0.288. The van der Waals surface area contributed by atoms with Crippen molar-refractivity contribution < 1.29 is 30.3 Å². The predicted molar refractivity (Wildman–Crippen MR) is 266 cm³/mol. The van der Waals surface area contributed by atoms with E-state index in [-0.39, 0.29) is 43.1 Å². The SMILES string of the molecule is [2H]C([2H])([2H])c1ccc(-c2ccnc(-c3[c-]c(-c4cccc5c4nc(-c4cc(C(C)(C)C)cc(C(C)(C)C)c4O)n5-c4ccc(CC(C)C)cc4-c4ccccc4)cc(C(C)(C)C)c3)c2)cc1.[Pt]. The van der Waals surface area contributed by atoms with Gasteiger partial charge in [0.1, 0.15) is 11.6 Å². The van der Waals surface area contributed by atoms with Crippen molar-refractivity contribution in [1.29, 1.82) is 0 Å². The first kappa shape index (κ1) is 42.4. The van der Waals surface area contributed by atoms with Gasteiger partial charge in [0.05, 0.1) is 22.3 Å². The molecule has 0 aliphatic heterocycles. The van der Waals surface area contributed by atoms with Crippen molar-refractivity contribution in [2.24, 2.45) is 5.92 Å². The van der Waals surface area contributed by atoms with Crippen molar-refractivity contribution in [1.82, 2.24) is 14.5 Å². The van der Waals surface area contributed by atoms with Gasteiger partial charge >= 0.3 is 0 Å². The van der Waals surface area contributed by atoms with Crippen LogP contribution < -0.4 is 0 Å². The summed E-state index contributed by atoms with van der Waals surface area (Å²) in [6.45, 7) is 22.1. The summed E-state index contributed by atoms with van der Waals surface area (Å²) in [5.74, 6) is 1.37. The summed E-state index contributed by atoms with van der Waals surface area (Å²) in [6.07, 6.45) is 2.75. The Hall–Kier alpha value is -5.57. The molecule has 0 saturated heterocycles. The number of para-hydroxylation sites is 1. The Morgan fingerprint density at radius 2 is 1.33 bits per heavy atom. The Kier molecular flexibility index (Phi) is 11.8. The van der Waals surface area contributed by atoms with E-state index in [2.05, 4.69) is 178 Å². The van der Waals surface area contributed by atoms with Gasteiger partial charge in [0, 0.05) is 48.2 Å². The zero-order chi connectivity index (χ0) is 47.5. The molecule has 0 aliphatic carbocycles. The van der Waals surface area contributed by atoms with E-state index < -0.39 is 6.85 Å². The van der Waals surface area contributed by atoms with Gasteiger partial charge in [0.2, 0.25) is 0 Å². The molecule has 0 bridgehead atoms. The van der Waals surface area contributed by atoms with Gasteiger partial charge in [-0.3, -0.25) is 9.55 Å². The number of imidazole rings is 1. The Morgan fingerprint density at radius 1 is 0.641 bits per heavy atom. The minimum Gasteiger partial charge on any atom is -0.507 e. The average molecular weight is 1030 g/mol. The summed E-state index contributed by atoms with van der Waals surface area (Å²) < 4.78 is 25.8. The second-order valence-corrected chi connectivity index (χ2v) is 20.6. The first-order valence-electron chi connectivity index (χ1n) is 23.7. The van der Waals surface area contributed by atoms with Crippen LogP contribution in [-0.2, 0) is 43.7 Å². The number of hydrogen-bond donors (Lipinski definition) is 1. The molecule has 0 aliphatic rings. The first-order chi connectivity index (χ1) is 31.0. The van der Waals surface area contributed by atoms with Crippen molar-refractivity contribution in [3.8, 4) is 67.5 Å². The number of aromatic hydroxyl groups is 1. The van der Waals surface area contributed by atoms with Crippen LogP contribution in [0.15, 0.2) is 134 Å². The van der Waals surface area contributed by atoms with Crippen LogP contribution in [0.4, 0.5) is 0 Å². The number of phenolic OH excluding ortho intramolecular Hbond substituents is 1. The number of hydrogen-bond acceptors (Lipinski definition) is 3. The number of benzene rings is 6. The molecular formula is C59H62N3OPt-. The molecule has 1 N–H and O–H groups in total. The van der Waals surface area contributed by atoms with E-state index in [1.807, 2.05) is 24.3 Å². The predicted octanol–water partition coefficient (Wildman–Crippen LogP) is 15.7. The molecule has 8 rings (SSSR count). The summed E-state index contributed by atoms with van der Waals surface area (Å²) in [6, 6.07) is 47.3. The topological polar surface area (TPSA) is 50.9 Å². The van der Waals surface area contributed by atoms with Crippen LogP contribution >= 0.6 is 0 Å². The van der Waals surface area contributed by atoms with E-state index in [1.165, 1.54) is 5.56 Å². The van der Waals surface area contributed by atoms with Crippen LogP contribution in [0.5, 0.6) is 5.75 Å². The van der Waals surface area contributed by atoms with Crippen LogP contribution in [0.1, 0.15) is 108 Å². The van der Waals surface area contributed by atoms with E-state index in [1.54, 1.807) is 18.3 Å². The Labute approximate surface area is 400 Å². The van der Waals surface area contributed by atoms with Crippen LogP contribution in [0.25, 0.3) is 72.7 Å². The molecular weight excluding hydrogens is 962 g/mol. The van der Waals surface area contributed by atoms with E-state index in [4.69, 9.17) is 14.1 Å². The molecule has 2 aromatic heterocycles. The van der Waals surface area contributed by atoms with E-state index in [9.17, 15) is 5.11 Å². The maximum Gasteiger partial charge on any atom is 0.148 e. The molecule has 0 amide bonds. The van der Waals surface area contributed by atoms with Crippen LogP contribution in [0.3, 0.4) is 0 Å². The molecule has 0 unspecified atom stereocenters. The third-order valence-electron chi connectivity index (χ3n) is 12.0. The fourth-order valence-corrected chi connectivity index (χ4v) is 8.48. The molecule has 0 saturated carbocycles. The summed E-state index contributed by atoms with van der Waals surface area (Å²) in [7, 11) is 0. The monoisotopic (exact) mass is 1030 g/mol. The fourth-order valence-electron chi connectivity index (χ4n) is 8.48. The van der Waals surface area contributed by atoms with Gasteiger partial charge in [-0.25, -0.2) is 4.98 Å². The van der Waals surface area contributed by atoms with Gasteiger partial charge in [-0.2, -0.15) is 0 Å². The number of fused-ring (bicyclic) bond motifs is 1. The molecule has 64 heavy (non-hydrogen) atoms. The summed E-state index contributed by atoms with van der Waals surface area (Å²) >= 11 is 0. The number of aromatic nitrogens is 3. The van der Waals surface area contributed by atoms with Gasteiger partial charge in [-0.05, 0) is 93.6 Å². The minimum atomic E-state index is -2.17. The molecule has 0 fully saturated rings. The third-order valence-corrected chi connectivity index (χ3v) is 12.0. The minimum absolute atomic E-state index is 0. The molecule has 6 aromatic carbocycles.